The van der Waals surface area contributed by atoms with Gasteiger partial charge in [-0.3, -0.25) is 0 Å². The predicted molar refractivity (Wildman–Crippen MR) is 88.5 cm³/mol. The van der Waals surface area contributed by atoms with Crippen molar-refractivity contribution < 1.29 is 18.9 Å². The summed E-state index contributed by atoms with van der Waals surface area (Å²) in [6.07, 6.45) is -0.850. The molecule has 0 aliphatic carbocycles. The average molecular weight is 354 g/mol. The van der Waals surface area contributed by atoms with Crippen molar-refractivity contribution in [3.05, 3.63) is 45.8 Å². The average Bonchev–Trinajstić information content (AvgIpc) is 3.41. The van der Waals surface area contributed by atoms with Crippen LogP contribution in [0.15, 0.2) is 24.3 Å². The van der Waals surface area contributed by atoms with Crippen LogP contribution in [0.3, 0.4) is 0 Å². The zero-order valence-electron chi connectivity index (χ0n) is 13.2. The van der Waals surface area contributed by atoms with Crippen molar-refractivity contribution in [1.29, 1.82) is 10.5 Å². The fraction of sp³-hybridized carbons (Fsp3) is 0.333. The standard InChI is InChI=1S/C18H14N2O4S/c19-9-12-2-1-11(7-13(12)10-20)15-8-14(17-21-3-4-22-17)16(25-15)18-23-5-6-24-18/h1-2,7-8,17-18H,3-6H2. The molecule has 0 spiro atoms. The van der Waals surface area contributed by atoms with Crippen molar-refractivity contribution >= 4 is 11.3 Å². The summed E-state index contributed by atoms with van der Waals surface area (Å²) in [5.74, 6) is 0. The minimum Gasteiger partial charge on any atom is -0.346 e. The van der Waals surface area contributed by atoms with E-state index in [1.807, 2.05) is 18.2 Å². The van der Waals surface area contributed by atoms with E-state index in [-0.39, 0.29) is 0 Å². The maximum atomic E-state index is 9.25. The summed E-state index contributed by atoms with van der Waals surface area (Å²) in [6, 6.07) is 11.3. The molecule has 2 fully saturated rings. The molecule has 0 radical (unpaired) electrons. The zero-order chi connectivity index (χ0) is 17.2. The third-order valence-electron chi connectivity index (χ3n) is 4.05. The molecule has 0 atom stereocenters. The van der Waals surface area contributed by atoms with Crippen molar-refractivity contribution in [3.63, 3.8) is 0 Å². The molecule has 3 heterocycles. The summed E-state index contributed by atoms with van der Waals surface area (Å²) in [5.41, 5.74) is 2.49. The molecule has 0 N–H and O–H groups in total. The Balaban J connectivity index is 1.76. The van der Waals surface area contributed by atoms with E-state index in [1.54, 1.807) is 12.1 Å². The molecule has 126 valence electrons. The van der Waals surface area contributed by atoms with Gasteiger partial charge in [0.05, 0.1) is 42.4 Å². The Hall–Kier alpha value is -2.26. The van der Waals surface area contributed by atoms with Crippen LogP contribution in [0.5, 0.6) is 0 Å². The highest BCUT2D eigenvalue weighted by Gasteiger charge is 2.31. The lowest BCUT2D eigenvalue weighted by atomic mass is 10.0. The summed E-state index contributed by atoms with van der Waals surface area (Å²) < 4.78 is 22.6. The second-order valence-corrected chi connectivity index (χ2v) is 6.65. The van der Waals surface area contributed by atoms with Crippen LogP contribution < -0.4 is 0 Å². The van der Waals surface area contributed by atoms with Crippen LogP contribution in [0.25, 0.3) is 10.4 Å². The molecule has 6 nitrogen and oxygen atoms in total. The van der Waals surface area contributed by atoms with Crippen LogP contribution in [0.2, 0.25) is 0 Å². The molecular weight excluding hydrogens is 340 g/mol. The molecule has 1 aromatic heterocycles. The van der Waals surface area contributed by atoms with E-state index < -0.39 is 12.6 Å². The summed E-state index contributed by atoms with van der Waals surface area (Å²) in [4.78, 5) is 1.87. The van der Waals surface area contributed by atoms with Crippen LogP contribution in [-0.2, 0) is 18.9 Å². The second kappa shape index (κ2) is 6.93. The van der Waals surface area contributed by atoms with Crippen molar-refractivity contribution in [1.82, 2.24) is 0 Å². The normalized spacial score (nSPS) is 18.3. The molecule has 4 rings (SSSR count). The second-order valence-electron chi connectivity index (χ2n) is 5.56. The SMILES string of the molecule is N#Cc1ccc(-c2cc(C3OCCO3)c(C3OCCO3)s2)cc1C#N. The van der Waals surface area contributed by atoms with Gasteiger partial charge in [0.25, 0.3) is 0 Å². The Bertz CT molecular complexity index is 835. The van der Waals surface area contributed by atoms with Gasteiger partial charge in [0.15, 0.2) is 12.6 Å². The first-order chi connectivity index (χ1) is 12.3. The molecule has 0 unspecified atom stereocenters. The molecule has 2 aliphatic rings. The number of rotatable bonds is 3. The van der Waals surface area contributed by atoms with Crippen LogP contribution in [-0.4, -0.2) is 26.4 Å². The Labute approximate surface area is 148 Å². The van der Waals surface area contributed by atoms with E-state index in [1.165, 1.54) is 11.3 Å². The first kappa shape index (κ1) is 16.2. The molecule has 0 saturated carbocycles. The van der Waals surface area contributed by atoms with Gasteiger partial charge >= 0.3 is 0 Å². The number of nitriles is 2. The molecule has 2 saturated heterocycles. The van der Waals surface area contributed by atoms with E-state index in [0.717, 1.165) is 20.9 Å². The molecule has 0 amide bonds. The van der Waals surface area contributed by atoms with Crippen molar-refractivity contribution in [2.75, 3.05) is 26.4 Å². The summed E-state index contributed by atoms with van der Waals surface area (Å²) in [6.45, 7) is 2.21. The third kappa shape index (κ3) is 3.05. The number of thiophene rings is 1. The van der Waals surface area contributed by atoms with Crippen molar-refractivity contribution in [2.24, 2.45) is 0 Å². The summed E-state index contributed by atoms with van der Waals surface area (Å²) in [5, 5.41) is 18.3. The smallest absolute Gasteiger partial charge is 0.193 e. The van der Waals surface area contributed by atoms with Crippen LogP contribution in [0.4, 0.5) is 0 Å². The number of nitrogens with zero attached hydrogens (tertiary/aromatic N) is 2. The third-order valence-corrected chi connectivity index (χ3v) is 5.27. The van der Waals surface area contributed by atoms with E-state index in [0.29, 0.717) is 37.6 Å². The van der Waals surface area contributed by atoms with Crippen LogP contribution in [0.1, 0.15) is 34.1 Å². The monoisotopic (exact) mass is 354 g/mol. The van der Waals surface area contributed by atoms with E-state index in [9.17, 15) is 5.26 Å². The molecule has 1 aromatic carbocycles. The lowest BCUT2D eigenvalue weighted by Crippen LogP contribution is -2.04. The first-order valence-corrected chi connectivity index (χ1v) is 8.66. The largest absolute Gasteiger partial charge is 0.346 e. The highest BCUT2D eigenvalue weighted by atomic mass is 32.1. The summed E-state index contributed by atoms with van der Waals surface area (Å²) in [7, 11) is 0. The number of benzene rings is 1. The molecule has 2 aliphatic heterocycles. The van der Waals surface area contributed by atoms with E-state index in [4.69, 9.17) is 24.2 Å². The Morgan fingerprint density at radius 3 is 2.12 bits per heavy atom. The van der Waals surface area contributed by atoms with Gasteiger partial charge in [-0.15, -0.1) is 11.3 Å². The predicted octanol–water partition coefficient (Wildman–Crippen LogP) is 3.25. The number of ether oxygens (including phenoxy) is 4. The van der Waals surface area contributed by atoms with Crippen molar-refractivity contribution in [3.8, 4) is 22.6 Å². The molecule has 25 heavy (non-hydrogen) atoms. The number of hydrogen-bond acceptors (Lipinski definition) is 7. The van der Waals surface area contributed by atoms with E-state index >= 15 is 0 Å². The maximum Gasteiger partial charge on any atom is 0.193 e. The quantitative estimate of drug-likeness (QED) is 0.841. The minimum absolute atomic E-state index is 0.359. The Kier molecular flexibility index (Phi) is 4.50. The number of hydrogen-bond donors (Lipinski definition) is 0. The fourth-order valence-electron chi connectivity index (χ4n) is 2.87. The minimum atomic E-state index is -0.429. The lowest BCUT2D eigenvalue weighted by molar-refractivity contribution is -0.0613. The van der Waals surface area contributed by atoms with Gasteiger partial charge in [-0.25, -0.2) is 0 Å². The fourth-order valence-corrected chi connectivity index (χ4v) is 4.04. The molecule has 7 heteroatoms. The van der Waals surface area contributed by atoms with Gasteiger partial charge in [-0.05, 0) is 23.8 Å². The van der Waals surface area contributed by atoms with Gasteiger partial charge in [0, 0.05) is 10.4 Å². The maximum absolute atomic E-state index is 9.25. The van der Waals surface area contributed by atoms with Gasteiger partial charge in [0.2, 0.25) is 0 Å². The Morgan fingerprint density at radius 2 is 1.48 bits per heavy atom. The molecule has 2 aromatic rings. The van der Waals surface area contributed by atoms with Gasteiger partial charge < -0.3 is 18.9 Å². The summed E-state index contributed by atoms with van der Waals surface area (Å²) >= 11 is 1.53. The van der Waals surface area contributed by atoms with Gasteiger partial charge in [0.1, 0.15) is 12.1 Å². The van der Waals surface area contributed by atoms with Crippen LogP contribution in [0, 0.1) is 22.7 Å². The van der Waals surface area contributed by atoms with Gasteiger partial charge in [-0.2, -0.15) is 10.5 Å². The van der Waals surface area contributed by atoms with Gasteiger partial charge in [-0.1, -0.05) is 6.07 Å². The first-order valence-electron chi connectivity index (χ1n) is 7.85. The molecular formula is C18H14N2O4S. The van der Waals surface area contributed by atoms with E-state index in [2.05, 4.69) is 6.07 Å². The van der Waals surface area contributed by atoms with Crippen molar-refractivity contribution in [2.45, 2.75) is 12.6 Å². The topological polar surface area (TPSA) is 84.5 Å². The highest BCUT2D eigenvalue weighted by molar-refractivity contribution is 7.15. The van der Waals surface area contributed by atoms with Crippen LogP contribution >= 0.6 is 11.3 Å². The zero-order valence-corrected chi connectivity index (χ0v) is 14.0. The molecule has 0 bridgehead atoms. The highest BCUT2D eigenvalue weighted by Crippen LogP contribution is 2.43. The Morgan fingerprint density at radius 1 is 0.840 bits per heavy atom. The lowest BCUT2D eigenvalue weighted by Gasteiger charge is -2.13.